The number of pyridine rings is 1. The molecule has 0 amide bonds. The smallest absolute Gasteiger partial charge is 0.134 e. The van der Waals surface area contributed by atoms with Crippen molar-refractivity contribution in [2.45, 2.75) is 39.2 Å². The Labute approximate surface area is 126 Å². The van der Waals surface area contributed by atoms with Crippen molar-refractivity contribution in [3.63, 3.8) is 0 Å². The number of hydrogen-bond acceptors (Lipinski definition) is 3. The van der Waals surface area contributed by atoms with E-state index in [0.29, 0.717) is 12.0 Å². The molecule has 1 aromatic carbocycles. The summed E-state index contributed by atoms with van der Waals surface area (Å²) in [5.74, 6) is 3.45. The molecule has 3 nitrogen and oxygen atoms in total. The average Bonchev–Trinajstić information content (AvgIpc) is 2.87. The minimum absolute atomic E-state index is 0.537. The summed E-state index contributed by atoms with van der Waals surface area (Å²) in [6.07, 6.45) is 5.72. The van der Waals surface area contributed by atoms with E-state index >= 15 is 0 Å². The van der Waals surface area contributed by atoms with Crippen LogP contribution in [-0.4, -0.2) is 18.1 Å². The Bertz CT molecular complexity index is 626. The molecular formula is C18H24N2O. The Hall–Kier alpha value is -1.77. The van der Waals surface area contributed by atoms with Crippen LogP contribution in [0.1, 0.15) is 33.1 Å². The van der Waals surface area contributed by atoms with Crippen LogP contribution in [0.2, 0.25) is 0 Å². The van der Waals surface area contributed by atoms with Crippen molar-refractivity contribution >= 4 is 16.6 Å². The van der Waals surface area contributed by atoms with Crippen molar-refractivity contribution in [1.29, 1.82) is 0 Å². The van der Waals surface area contributed by atoms with Gasteiger partial charge in [0, 0.05) is 17.6 Å². The molecule has 1 N–H and O–H groups in total. The van der Waals surface area contributed by atoms with E-state index in [2.05, 4.69) is 36.3 Å². The zero-order valence-electron chi connectivity index (χ0n) is 13.1. The van der Waals surface area contributed by atoms with Gasteiger partial charge in [0.2, 0.25) is 0 Å². The third-order valence-electron chi connectivity index (χ3n) is 5.04. The second-order valence-corrected chi connectivity index (χ2v) is 6.10. The summed E-state index contributed by atoms with van der Waals surface area (Å²) in [5, 5.41) is 6.03. The van der Waals surface area contributed by atoms with Crippen LogP contribution < -0.4 is 10.1 Å². The van der Waals surface area contributed by atoms with Gasteiger partial charge in [0.15, 0.2) is 0 Å². The number of hydrogen-bond donors (Lipinski definition) is 1. The van der Waals surface area contributed by atoms with Crippen molar-refractivity contribution in [2.75, 3.05) is 12.4 Å². The van der Waals surface area contributed by atoms with Gasteiger partial charge in [-0.2, -0.15) is 0 Å². The van der Waals surface area contributed by atoms with Crippen molar-refractivity contribution in [3.8, 4) is 5.75 Å². The number of methoxy groups -OCH3 is 1. The van der Waals surface area contributed by atoms with Crippen LogP contribution in [0, 0.1) is 11.8 Å². The Morgan fingerprint density at radius 2 is 2.14 bits per heavy atom. The van der Waals surface area contributed by atoms with Crippen LogP contribution in [0.15, 0.2) is 30.5 Å². The Morgan fingerprint density at radius 1 is 1.29 bits per heavy atom. The van der Waals surface area contributed by atoms with E-state index in [9.17, 15) is 0 Å². The first-order chi connectivity index (χ1) is 10.2. The summed E-state index contributed by atoms with van der Waals surface area (Å²) in [6, 6.07) is 8.74. The maximum Gasteiger partial charge on any atom is 0.134 e. The molecule has 1 saturated carbocycles. The summed E-state index contributed by atoms with van der Waals surface area (Å²) in [6.45, 7) is 4.67. The van der Waals surface area contributed by atoms with Gasteiger partial charge in [-0.25, -0.2) is 4.98 Å². The SMILES string of the molecule is CCC1CCC(Nc2nccc3cc(OC)ccc23)C1C. The first kappa shape index (κ1) is 14.2. The number of nitrogens with one attached hydrogen (secondary N) is 1. The molecule has 2 aromatic rings. The van der Waals surface area contributed by atoms with Crippen LogP contribution in [0.25, 0.3) is 10.8 Å². The maximum absolute atomic E-state index is 5.30. The van der Waals surface area contributed by atoms with Crippen LogP contribution in [0.3, 0.4) is 0 Å². The molecule has 0 spiro atoms. The molecule has 3 heteroatoms. The van der Waals surface area contributed by atoms with Crippen molar-refractivity contribution in [3.05, 3.63) is 30.5 Å². The highest BCUT2D eigenvalue weighted by Gasteiger charge is 2.31. The highest BCUT2D eigenvalue weighted by Crippen LogP contribution is 2.36. The molecule has 0 bridgehead atoms. The topological polar surface area (TPSA) is 34.2 Å². The van der Waals surface area contributed by atoms with E-state index in [0.717, 1.165) is 17.5 Å². The van der Waals surface area contributed by atoms with Gasteiger partial charge in [-0.1, -0.05) is 20.3 Å². The lowest BCUT2D eigenvalue weighted by molar-refractivity contribution is 0.391. The normalized spacial score (nSPS) is 25.2. The lowest BCUT2D eigenvalue weighted by Gasteiger charge is -2.22. The van der Waals surface area contributed by atoms with Gasteiger partial charge in [0.1, 0.15) is 11.6 Å². The molecule has 112 valence electrons. The van der Waals surface area contributed by atoms with Gasteiger partial charge in [-0.15, -0.1) is 0 Å². The number of ether oxygens (including phenoxy) is 1. The van der Waals surface area contributed by atoms with Crippen LogP contribution in [0.5, 0.6) is 5.75 Å². The summed E-state index contributed by atoms with van der Waals surface area (Å²) in [7, 11) is 1.70. The van der Waals surface area contributed by atoms with Gasteiger partial charge in [-0.3, -0.25) is 0 Å². The van der Waals surface area contributed by atoms with E-state index in [4.69, 9.17) is 4.74 Å². The molecule has 0 radical (unpaired) electrons. The first-order valence-electron chi connectivity index (χ1n) is 7.92. The number of benzene rings is 1. The zero-order valence-corrected chi connectivity index (χ0v) is 13.1. The molecular weight excluding hydrogens is 260 g/mol. The predicted octanol–water partition coefficient (Wildman–Crippen LogP) is 4.48. The average molecular weight is 284 g/mol. The molecule has 0 aliphatic heterocycles. The number of aromatic nitrogens is 1. The fourth-order valence-corrected chi connectivity index (χ4v) is 3.60. The van der Waals surface area contributed by atoms with Gasteiger partial charge in [0.05, 0.1) is 7.11 Å². The van der Waals surface area contributed by atoms with Crippen LogP contribution in [-0.2, 0) is 0 Å². The summed E-state index contributed by atoms with van der Waals surface area (Å²) >= 11 is 0. The molecule has 21 heavy (non-hydrogen) atoms. The van der Waals surface area contributed by atoms with E-state index < -0.39 is 0 Å². The van der Waals surface area contributed by atoms with Crippen LogP contribution in [0.4, 0.5) is 5.82 Å². The highest BCUT2D eigenvalue weighted by molar-refractivity contribution is 5.92. The highest BCUT2D eigenvalue weighted by atomic mass is 16.5. The fourth-order valence-electron chi connectivity index (χ4n) is 3.60. The number of rotatable bonds is 4. The van der Waals surface area contributed by atoms with Crippen molar-refractivity contribution < 1.29 is 4.74 Å². The minimum Gasteiger partial charge on any atom is -0.497 e. The Balaban J connectivity index is 1.87. The second-order valence-electron chi connectivity index (χ2n) is 6.10. The van der Waals surface area contributed by atoms with E-state index in [1.54, 1.807) is 7.11 Å². The van der Waals surface area contributed by atoms with Crippen LogP contribution >= 0.6 is 0 Å². The molecule has 1 aliphatic carbocycles. The predicted molar refractivity (Wildman–Crippen MR) is 87.9 cm³/mol. The monoisotopic (exact) mass is 284 g/mol. The van der Waals surface area contributed by atoms with Crippen molar-refractivity contribution in [2.24, 2.45) is 11.8 Å². The quantitative estimate of drug-likeness (QED) is 0.898. The molecule has 0 saturated heterocycles. The Kier molecular flexibility index (Phi) is 4.00. The standard InChI is InChI=1S/C18H24N2O/c1-4-13-5-8-17(12(13)2)20-18-16-7-6-15(21-3)11-14(16)9-10-19-18/h6-7,9-13,17H,4-5,8H2,1-3H3,(H,19,20). The van der Waals surface area contributed by atoms with E-state index in [-0.39, 0.29) is 0 Å². The summed E-state index contributed by atoms with van der Waals surface area (Å²) in [5.41, 5.74) is 0. The summed E-state index contributed by atoms with van der Waals surface area (Å²) < 4.78 is 5.30. The van der Waals surface area contributed by atoms with Gasteiger partial charge >= 0.3 is 0 Å². The molecule has 3 rings (SSSR count). The van der Waals surface area contributed by atoms with Gasteiger partial charge < -0.3 is 10.1 Å². The fraction of sp³-hybridized carbons (Fsp3) is 0.500. The van der Waals surface area contributed by atoms with Gasteiger partial charge in [0.25, 0.3) is 0 Å². The third kappa shape index (κ3) is 2.69. The molecule has 1 aliphatic rings. The lowest BCUT2D eigenvalue weighted by atomic mass is 9.93. The summed E-state index contributed by atoms with van der Waals surface area (Å²) in [4.78, 5) is 4.56. The zero-order chi connectivity index (χ0) is 14.8. The molecule has 1 heterocycles. The molecule has 1 fully saturated rings. The molecule has 3 unspecified atom stereocenters. The van der Waals surface area contributed by atoms with Crippen molar-refractivity contribution in [1.82, 2.24) is 4.98 Å². The largest absolute Gasteiger partial charge is 0.497 e. The number of anilines is 1. The first-order valence-corrected chi connectivity index (χ1v) is 7.92. The lowest BCUT2D eigenvalue weighted by Crippen LogP contribution is -2.25. The second kappa shape index (κ2) is 5.92. The third-order valence-corrected chi connectivity index (χ3v) is 5.04. The Morgan fingerprint density at radius 3 is 2.86 bits per heavy atom. The van der Waals surface area contributed by atoms with E-state index in [1.807, 2.05) is 18.3 Å². The molecule has 3 atom stereocenters. The molecule has 1 aromatic heterocycles. The number of nitrogens with zero attached hydrogens (tertiary/aromatic N) is 1. The number of fused-ring (bicyclic) bond motifs is 1. The van der Waals surface area contributed by atoms with Gasteiger partial charge in [-0.05, 0) is 54.3 Å². The minimum atomic E-state index is 0.537. The van der Waals surface area contributed by atoms with E-state index in [1.165, 1.54) is 30.0 Å². The maximum atomic E-state index is 5.30.